The number of aliphatic imine (C=N–C) groups is 1. The molecule has 1 N–H and O–H groups in total. The van der Waals surface area contributed by atoms with Gasteiger partial charge in [0.25, 0.3) is 5.91 Å². The Balaban J connectivity index is 1.82. The van der Waals surface area contributed by atoms with E-state index in [4.69, 9.17) is 14.6 Å². The lowest BCUT2D eigenvalue weighted by Gasteiger charge is -2.11. The van der Waals surface area contributed by atoms with Crippen molar-refractivity contribution in [3.8, 4) is 11.5 Å². The van der Waals surface area contributed by atoms with Crippen LogP contribution in [0.3, 0.4) is 0 Å². The van der Waals surface area contributed by atoms with Crippen LogP contribution < -0.4 is 9.47 Å². The molecule has 0 spiro atoms. The lowest BCUT2D eigenvalue weighted by molar-refractivity contribution is -0.139. The Bertz CT molecular complexity index is 1130. The predicted molar refractivity (Wildman–Crippen MR) is 124 cm³/mol. The van der Waals surface area contributed by atoms with Gasteiger partial charge in [0.1, 0.15) is 0 Å². The van der Waals surface area contributed by atoms with E-state index in [9.17, 15) is 14.4 Å². The Hall–Kier alpha value is -3.79. The summed E-state index contributed by atoms with van der Waals surface area (Å²) < 4.78 is 15.5. The predicted octanol–water partition coefficient (Wildman–Crippen LogP) is 3.57. The highest BCUT2D eigenvalue weighted by Crippen LogP contribution is 2.35. The molecule has 172 valence electrons. The van der Waals surface area contributed by atoms with Crippen molar-refractivity contribution in [2.75, 3.05) is 27.4 Å². The first-order valence-electron chi connectivity index (χ1n) is 9.88. The van der Waals surface area contributed by atoms with Crippen LogP contribution in [-0.4, -0.2) is 60.4 Å². The number of thioether (sulfide) groups is 1. The number of likely N-dealkylation sites (N-methyl/N-ethyl adjacent to an activating group) is 1. The zero-order valence-electron chi connectivity index (χ0n) is 18.2. The molecule has 1 heterocycles. The van der Waals surface area contributed by atoms with Gasteiger partial charge in [0.15, 0.2) is 23.3 Å². The van der Waals surface area contributed by atoms with Crippen LogP contribution >= 0.6 is 11.8 Å². The van der Waals surface area contributed by atoms with Gasteiger partial charge in [0, 0.05) is 7.05 Å². The van der Waals surface area contributed by atoms with Crippen molar-refractivity contribution in [2.24, 2.45) is 4.99 Å². The van der Waals surface area contributed by atoms with E-state index in [0.29, 0.717) is 45.0 Å². The van der Waals surface area contributed by atoms with Crippen LogP contribution in [-0.2, 0) is 14.3 Å². The third-order valence-corrected chi connectivity index (χ3v) is 5.49. The molecule has 0 saturated carbocycles. The Morgan fingerprint density at radius 3 is 2.48 bits per heavy atom. The standard InChI is InChI=1S/C23H22N2O7S/c1-4-31-18-11-14(5-10-17(18)32-13-20(26)27)12-19-21(28)25(2)23(33-19)24-16-8-6-15(7-9-16)22(29)30-3/h5-12H,4,13H2,1-3H3,(H,26,27)/b19-12-,24-23?. The van der Waals surface area contributed by atoms with Crippen LogP contribution in [0.1, 0.15) is 22.8 Å². The van der Waals surface area contributed by atoms with E-state index in [1.54, 1.807) is 62.5 Å². The van der Waals surface area contributed by atoms with Gasteiger partial charge in [-0.3, -0.25) is 9.69 Å². The summed E-state index contributed by atoms with van der Waals surface area (Å²) in [6.07, 6.45) is 1.70. The van der Waals surface area contributed by atoms with Crippen LogP contribution in [0.25, 0.3) is 6.08 Å². The molecule has 0 bridgehead atoms. The number of esters is 1. The lowest BCUT2D eigenvalue weighted by Crippen LogP contribution is -2.23. The molecule has 1 saturated heterocycles. The summed E-state index contributed by atoms with van der Waals surface area (Å²) in [4.78, 5) is 41.5. The molecule has 0 aromatic heterocycles. The number of rotatable bonds is 8. The molecule has 3 rings (SSSR count). The fourth-order valence-corrected chi connectivity index (χ4v) is 3.83. The topological polar surface area (TPSA) is 115 Å². The second kappa shape index (κ2) is 10.7. The summed E-state index contributed by atoms with van der Waals surface area (Å²) in [6, 6.07) is 11.5. The maximum absolute atomic E-state index is 12.7. The Morgan fingerprint density at radius 2 is 1.85 bits per heavy atom. The van der Waals surface area contributed by atoms with Crippen LogP contribution in [0.2, 0.25) is 0 Å². The van der Waals surface area contributed by atoms with E-state index in [1.807, 2.05) is 0 Å². The second-order valence-corrected chi connectivity index (χ2v) is 7.74. The van der Waals surface area contributed by atoms with Crippen molar-refractivity contribution in [3.05, 3.63) is 58.5 Å². The smallest absolute Gasteiger partial charge is 0.341 e. The fraction of sp³-hybridized carbons (Fsp3) is 0.217. The zero-order chi connectivity index (χ0) is 24.0. The Labute approximate surface area is 194 Å². The highest BCUT2D eigenvalue weighted by atomic mass is 32.2. The number of carbonyl (C=O) groups excluding carboxylic acids is 2. The third-order valence-electron chi connectivity index (χ3n) is 4.43. The maximum atomic E-state index is 12.7. The monoisotopic (exact) mass is 470 g/mol. The Morgan fingerprint density at radius 1 is 1.12 bits per heavy atom. The molecule has 0 atom stereocenters. The maximum Gasteiger partial charge on any atom is 0.341 e. The summed E-state index contributed by atoms with van der Waals surface area (Å²) in [5, 5.41) is 9.31. The molecule has 1 aliphatic heterocycles. The van der Waals surface area contributed by atoms with Crippen LogP contribution in [0.4, 0.5) is 5.69 Å². The van der Waals surface area contributed by atoms with Crippen LogP contribution in [0.15, 0.2) is 52.4 Å². The summed E-state index contributed by atoms with van der Waals surface area (Å²) in [5.74, 6) is -1.05. The van der Waals surface area contributed by atoms with Crippen molar-refractivity contribution in [2.45, 2.75) is 6.92 Å². The highest BCUT2D eigenvalue weighted by Gasteiger charge is 2.30. The number of benzene rings is 2. The molecule has 1 aliphatic rings. The quantitative estimate of drug-likeness (QED) is 0.460. The first-order valence-corrected chi connectivity index (χ1v) is 10.7. The third kappa shape index (κ3) is 5.92. The van der Waals surface area contributed by atoms with E-state index in [-0.39, 0.29) is 5.91 Å². The van der Waals surface area contributed by atoms with Gasteiger partial charge in [-0.25, -0.2) is 14.6 Å². The molecule has 1 fully saturated rings. The molecule has 2 aromatic carbocycles. The lowest BCUT2D eigenvalue weighted by atomic mass is 10.2. The van der Waals surface area contributed by atoms with Crippen molar-refractivity contribution in [3.63, 3.8) is 0 Å². The van der Waals surface area contributed by atoms with E-state index < -0.39 is 18.5 Å². The minimum atomic E-state index is -1.09. The van der Waals surface area contributed by atoms with Crippen molar-refractivity contribution >= 4 is 46.5 Å². The Kier molecular flexibility index (Phi) is 7.73. The molecule has 0 aliphatic carbocycles. The molecule has 9 nitrogen and oxygen atoms in total. The van der Waals surface area contributed by atoms with E-state index in [0.717, 1.165) is 0 Å². The summed E-state index contributed by atoms with van der Waals surface area (Å²) >= 11 is 1.22. The fourth-order valence-electron chi connectivity index (χ4n) is 2.84. The largest absolute Gasteiger partial charge is 0.490 e. The van der Waals surface area contributed by atoms with E-state index in [2.05, 4.69) is 9.73 Å². The molecular formula is C23H22N2O7S. The number of amides is 1. The number of amidine groups is 1. The number of carboxylic acid groups (broad SMARTS) is 1. The number of hydrogen-bond donors (Lipinski definition) is 1. The van der Waals surface area contributed by atoms with Crippen molar-refractivity contribution in [1.29, 1.82) is 0 Å². The normalized spacial score (nSPS) is 15.7. The minimum Gasteiger partial charge on any atom is -0.490 e. The van der Waals surface area contributed by atoms with E-state index in [1.165, 1.54) is 23.8 Å². The van der Waals surface area contributed by atoms with Crippen molar-refractivity contribution < 1.29 is 33.7 Å². The number of aliphatic carboxylic acids is 1. The summed E-state index contributed by atoms with van der Waals surface area (Å²) in [6.45, 7) is 1.68. The molecule has 10 heteroatoms. The summed E-state index contributed by atoms with van der Waals surface area (Å²) in [5.41, 5.74) is 1.69. The molecule has 0 unspecified atom stereocenters. The van der Waals surface area contributed by atoms with Crippen molar-refractivity contribution in [1.82, 2.24) is 4.90 Å². The highest BCUT2D eigenvalue weighted by molar-refractivity contribution is 8.18. The van der Waals surface area contributed by atoms with Gasteiger partial charge >= 0.3 is 11.9 Å². The van der Waals surface area contributed by atoms with Gasteiger partial charge in [0.05, 0.1) is 29.9 Å². The van der Waals surface area contributed by atoms with Gasteiger partial charge in [-0.15, -0.1) is 0 Å². The number of nitrogens with zero attached hydrogens (tertiary/aromatic N) is 2. The molecule has 2 aromatic rings. The molecule has 1 amide bonds. The number of carbonyl (C=O) groups is 3. The number of methoxy groups -OCH3 is 1. The van der Waals surface area contributed by atoms with Gasteiger partial charge < -0.3 is 19.3 Å². The number of ether oxygens (including phenoxy) is 3. The van der Waals surface area contributed by atoms with Gasteiger partial charge in [0.2, 0.25) is 0 Å². The zero-order valence-corrected chi connectivity index (χ0v) is 19.0. The number of hydrogen-bond acceptors (Lipinski definition) is 8. The average Bonchev–Trinajstić information content (AvgIpc) is 3.06. The SMILES string of the molecule is CCOc1cc(/C=C2\SC(=Nc3ccc(C(=O)OC)cc3)N(C)C2=O)ccc1OCC(=O)O. The van der Waals surface area contributed by atoms with Crippen LogP contribution in [0, 0.1) is 0 Å². The molecular weight excluding hydrogens is 448 g/mol. The van der Waals surface area contributed by atoms with Crippen LogP contribution in [0.5, 0.6) is 11.5 Å². The van der Waals surface area contributed by atoms with Gasteiger partial charge in [-0.2, -0.15) is 0 Å². The minimum absolute atomic E-state index is 0.214. The van der Waals surface area contributed by atoms with Gasteiger partial charge in [-0.05, 0) is 66.7 Å². The first-order chi connectivity index (χ1) is 15.8. The van der Waals surface area contributed by atoms with Gasteiger partial charge in [-0.1, -0.05) is 6.07 Å². The molecule has 0 radical (unpaired) electrons. The second-order valence-electron chi connectivity index (χ2n) is 6.73. The van der Waals surface area contributed by atoms with E-state index >= 15 is 0 Å². The average molecular weight is 471 g/mol. The number of carboxylic acids is 1. The first kappa shape index (κ1) is 23.9. The molecule has 33 heavy (non-hydrogen) atoms. The summed E-state index contributed by atoms with van der Waals surface area (Å²) in [7, 11) is 2.94.